The van der Waals surface area contributed by atoms with Gasteiger partial charge < -0.3 is 9.88 Å². The van der Waals surface area contributed by atoms with Crippen LogP contribution in [-0.4, -0.2) is 16.5 Å². The lowest BCUT2D eigenvalue weighted by molar-refractivity contribution is -0.138. The van der Waals surface area contributed by atoms with E-state index in [1.165, 1.54) is 0 Å². The van der Waals surface area contributed by atoms with E-state index in [0.717, 1.165) is 10.6 Å². The summed E-state index contributed by atoms with van der Waals surface area (Å²) in [4.78, 5) is 22.7. The molecule has 0 saturated heterocycles. The normalized spacial score (nSPS) is 11.7. The Morgan fingerprint density at radius 3 is 2.50 bits per heavy atom. The monoisotopic (exact) mass is 262 g/mol. The topological polar surface area (TPSA) is 51.1 Å². The van der Waals surface area contributed by atoms with E-state index in [9.17, 15) is 22.8 Å². The third-order valence-electron chi connectivity index (χ3n) is 2.07. The summed E-state index contributed by atoms with van der Waals surface area (Å²) in [5, 5.41) is 2.50. The molecule has 0 aliphatic carbocycles. The second kappa shape index (κ2) is 5.24. The van der Waals surface area contributed by atoms with Crippen LogP contribution in [-0.2, 0) is 17.5 Å². The Morgan fingerprint density at radius 2 is 2.00 bits per heavy atom. The van der Waals surface area contributed by atoms with Crippen molar-refractivity contribution in [2.75, 3.05) is 0 Å². The van der Waals surface area contributed by atoms with Crippen LogP contribution in [0, 0.1) is 0 Å². The maximum absolute atomic E-state index is 12.4. The van der Waals surface area contributed by atoms with Crippen LogP contribution >= 0.6 is 0 Å². The molecule has 1 aromatic rings. The number of pyridine rings is 1. The first-order chi connectivity index (χ1) is 8.20. The zero-order chi connectivity index (χ0) is 13.9. The smallest absolute Gasteiger partial charge is 0.352 e. The zero-order valence-corrected chi connectivity index (χ0v) is 9.91. The molecule has 4 nitrogen and oxygen atoms in total. The molecule has 0 aliphatic rings. The number of alkyl halides is 3. The maximum Gasteiger partial charge on any atom is 0.417 e. The second-order valence-corrected chi connectivity index (χ2v) is 4.10. The van der Waals surface area contributed by atoms with Crippen molar-refractivity contribution in [2.24, 2.45) is 0 Å². The summed E-state index contributed by atoms with van der Waals surface area (Å²) in [7, 11) is 0. The number of aromatic nitrogens is 1. The van der Waals surface area contributed by atoms with E-state index in [0.29, 0.717) is 12.3 Å². The minimum absolute atomic E-state index is 0.140. The van der Waals surface area contributed by atoms with Gasteiger partial charge in [0, 0.05) is 18.3 Å². The Kier molecular flexibility index (Phi) is 4.15. The lowest BCUT2D eigenvalue weighted by Gasteiger charge is -2.12. The van der Waals surface area contributed by atoms with Gasteiger partial charge in [-0.2, -0.15) is 13.2 Å². The average Bonchev–Trinajstić information content (AvgIpc) is 2.18. The van der Waals surface area contributed by atoms with Gasteiger partial charge in [0.15, 0.2) is 0 Å². The highest BCUT2D eigenvalue weighted by atomic mass is 19.4. The van der Waals surface area contributed by atoms with Gasteiger partial charge in [-0.1, -0.05) is 0 Å². The standard InChI is InChI=1S/C11H13F3N2O2/c1-7(2)15-9(17)6-16-5-8(11(12,13)14)3-4-10(16)18/h3-5,7H,6H2,1-2H3,(H,15,17). The molecular weight excluding hydrogens is 249 g/mol. The Balaban J connectivity index is 2.95. The van der Waals surface area contributed by atoms with Crippen molar-refractivity contribution in [1.82, 2.24) is 9.88 Å². The fraction of sp³-hybridized carbons (Fsp3) is 0.455. The van der Waals surface area contributed by atoms with Gasteiger partial charge in [-0.25, -0.2) is 0 Å². The molecule has 0 saturated carbocycles. The molecule has 100 valence electrons. The summed E-state index contributed by atoms with van der Waals surface area (Å²) < 4.78 is 38.0. The van der Waals surface area contributed by atoms with E-state index in [-0.39, 0.29) is 6.04 Å². The van der Waals surface area contributed by atoms with Crippen molar-refractivity contribution in [1.29, 1.82) is 0 Å². The van der Waals surface area contributed by atoms with Crippen LogP contribution in [0.2, 0.25) is 0 Å². The summed E-state index contributed by atoms with van der Waals surface area (Å²) >= 11 is 0. The van der Waals surface area contributed by atoms with Gasteiger partial charge in [0.05, 0.1) is 5.56 Å². The third-order valence-corrected chi connectivity index (χ3v) is 2.07. The second-order valence-electron chi connectivity index (χ2n) is 4.10. The van der Waals surface area contributed by atoms with E-state index < -0.39 is 29.8 Å². The molecule has 0 radical (unpaired) electrons. The molecule has 0 bridgehead atoms. The Hall–Kier alpha value is -1.79. The quantitative estimate of drug-likeness (QED) is 0.895. The van der Waals surface area contributed by atoms with Crippen molar-refractivity contribution in [3.8, 4) is 0 Å². The van der Waals surface area contributed by atoms with Crippen LogP contribution in [0.5, 0.6) is 0 Å². The number of hydrogen-bond donors (Lipinski definition) is 1. The van der Waals surface area contributed by atoms with E-state index >= 15 is 0 Å². The molecule has 0 spiro atoms. The minimum atomic E-state index is -4.54. The average molecular weight is 262 g/mol. The number of amides is 1. The number of carbonyl (C=O) groups is 1. The van der Waals surface area contributed by atoms with Gasteiger partial charge in [0.1, 0.15) is 6.54 Å². The predicted molar refractivity (Wildman–Crippen MR) is 59.0 cm³/mol. The first-order valence-corrected chi connectivity index (χ1v) is 5.27. The van der Waals surface area contributed by atoms with Crippen molar-refractivity contribution >= 4 is 5.91 Å². The maximum atomic E-state index is 12.4. The van der Waals surface area contributed by atoms with E-state index in [1.807, 2.05) is 0 Å². The molecule has 0 fully saturated rings. The van der Waals surface area contributed by atoms with Crippen molar-refractivity contribution < 1.29 is 18.0 Å². The summed E-state index contributed by atoms with van der Waals surface area (Å²) in [6.45, 7) is 3.00. The van der Waals surface area contributed by atoms with Gasteiger partial charge in [-0.05, 0) is 19.9 Å². The first kappa shape index (κ1) is 14.3. The van der Waals surface area contributed by atoms with Crippen LogP contribution in [0.25, 0.3) is 0 Å². The molecule has 18 heavy (non-hydrogen) atoms. The fourth-order valence-electron chi connectivity index (χ4n) is 1.34. The van der Waals surface area contributed by atoms with E-state index in [2.05, 4.69) is 5.32 Å². The third kappa shape index (κ3) is 3.90. The van der Waals surface area contributed by atoms with E-state index in [4.69, 9.17) is 0 Å². The van der Waals surface area contributed by atoms with Crippen LogP contribution < -0.4 is 10.9 Å². The van der Waals surface area contributed by atoms with E-state index in [1.54, 1.807) is 13.8 Å². The van der Waals surface area contributed by atoms with Gasteiger partial charge in [-0.15, -0.1) is 0 Å². The largest absolute Gasteiger partial charge is 0.417 e. The van der Waals surface area contributed by atoms with Gasteiger partial charge in [0.25, 0.3) is 5.56 Å². The lowest BCUT2D eigenvalue weighted by Crippen LogP contribution is -2.36. The SMILES string of the molecule is CC(C)NC(=O)Cn1cc(C(F)(F)F)ccc1=O. The highest BCUT2D eigenvalue weighted by molar-refractivity contribution is 5.75. The van der Waals surface area contributed by atoms with Crippen molar-refractivity contribution in [3.05, 3.63) is 34.2 Å². The molecule has 0 aromatic carbocycles. The van der Waals surface area contributed by atoms with Gasteiger partial charge >= 0.3 is 6.18 Å². The zero-order valence-electron chi connectivity index (χ0n) is 9.91. The van der Waals surface area contributed by atoms with Gasteiger partial charge in [-0.3, -0.25) is 9.59 Å². The van der Waals surface area contributed by atoms with Crippen molar-refractivity contribution in [2.45, 2.75) is 32.6 Å². The Bertz CT molecular complexity index is 492. The van der Waals surface area contributed by atoms with Crippen LogP contribution in [0.3, 0.4) is 0 Å². The summed E-state index contributed by atoms with van der Waals surface area (Å²) in [5.41, 5.74) is -1.61. The van der Waals surface area contributed by atoms with Crippen LogP contribution in [0.4, 0.5) is 13.2 Å². The molecule has 1 rings (SSSR count). The highest BCUT2D eigenvalue weighted by Gasteiger charge is 2.31. The number of nitrogens with zero attached hydrogens (tertiary/aromatic N) is 1. The molecular formula is C11H13F3N2O2. The first-order valence-electron chi connectivity index (χ1n) is 5.27. The molecule has 0 atom stereocenters. The summed E-state index contributed by atoms with van der Waals surface area (Å²) in [5.74, 6) is -0.508. The summed E-state index contributed by atoms with van der Waals surface area (Å²) in [6.07, 6.45) is -3.90. The Labute approximate surface area is 101 Å². The van der Waals surface area contributed by atoms with Crippen LogP contribution in [0.15, 0.2) is 23.1 Å². The molecule has 1 amide bonds. The molecule has 0 aliphatic heterocycles. The van der Waals surface area contributed by atoms with Crippen molar-refractivity contribution in [3.63, 3.8) is 0 Å². The lowest BCUT2D eigenvalue weighted by atomic mass is 10.2. The molecule has 1 aromatic heterocycles. The fourth-order valence-corrected chi connectivity index (χ4v) is 1.34. The number of carbonyl (C=O) groups excluding carboxylic acids is 1. The molecule has 1 N–H and O–H groups in total. The molecule has 0 unspecified atom stereocenters. The predicted octanol–water partition coefficient (Wildman–Crippen LogP) is 1.39. The van der Waals surface area contributed by atoms with Crippen LogP contribution in [0.1, 0.15) is 19.4 Å². The summed E-state index contributed by atoms with van der Waals surface area (Å²) in [6, 6.07) is 1.35. The number of hydrogen-bond acceptors (Lipinski definition) is 2. The Morgan fingerprint density at radius 1 is 1.39 bits per heavy atom. The molecule has 1 heterocycles. The number of halogens is 3. The van der Waals surface area contributed by atoms with Gasteiger partial charge in [0.2, 0.25) is 5.91 Å². The minimum Gasteiger partial charge on any atom is -0.352 e. The number of rotatable bonds is 3. The molecule has 7 heteroatoms. The number of nitrogens with one attached hydrogen (secondary N) is 1. The highest BCUT2D eigenvalue weighted by Crippen LogP contribution is 2.27.